The number of aryl methyl sites for hydroxylation is 2. The monoisotopic (exact) mass is 300 g/mol. The van der Waals surface area contributed by atoms with Crippen LogP contribution in [0.15, 0.2) is 42.5 Å². The van der Waals surface area contributed by atoms with Crippen LogP contribution in [-0.4, -0.2) is 5.97 Å². The van der Waals surface area contributed by atoms with E-state index in [1.165, 1.54) is 24.0 Å². The molecule has 0 spiro atoms. The number of esters is 1. The molecule has 0 heterocycles. The van der Waals surface area contributed by atoms with Gasteiger partial charge in [-0.05, 0) is 66.6 Å². The Morgan fingerprint density at radius 1 is 1.00 bits per heavy atom. The summed E-state index contributed by atoms with van der Waals surface area (Å²) in [5.41, 5.74) is 3.61. The lowest BCUT2D eigenvalue weighted by atomic mass is 9.92. The summed E-state index contributed by atoms with van der Waals surface area (Å²) >= 11 is 5.83. The lowest BCUT2D eigenvalue weighted by Gasteiger charge is -2.16. The summed E-state index contributed by atoms with van der Waals surface area (Å²) in [7, 11) is 0. The molecule has 0 unspecified atom stereocenters. The second kappa shape index (κ2) is 6.31. The third-order valence-corrected chi connectivity index (χ3v) is 4.07. The van der Waals surface area contributed by atoms with Crippen molar-refractivity contribution in [1.29, 1.82) is 0 Å². The Bertz CT molecular complexity index is 647. The molecule has 3 heteroatoms. The molecule has 1 aliphatic carbocycles. The average Bonchev–Trinajstić information content (AvgIpc) is 2.49. The van der Waals surface area contributed by atoms with Gasteiger partial charge in [0.1, 0.15) is 5.75 Å². The summed E-state index contributed by atoms with van der Waals surface area (Å²) < 4.78 is 5.44. The normalized spacial score (nSPS) is 13.6. The van der Waals surface area contributed by atoms with Crippen LogP contribution in [0.2, 0.25) is 5.02 Å². The Labute approximate surface area is 129 Å². The van der Waals surface area contributed by atoms with Gasteiger partial charge in [-0.15, -0.1) is 0 Å². The van der Waals surface area contributed by atoms with Crippen molar-refractivity contribution < 1.29 is 9.53 Å². The summed E-state index contributed by atoms with van der Waals surface area (Å²) in [5.74, 6) is 0.405. The lowest BCUT2D eigenvalue weighted by Crippen LogP contribution is -2.12. The van der Waals surface area contributed by atoms with Gasteiger partial charge in [0.2, 0.25) is 0 Å². The second-order valence-corrected chi connectivity index (χ2v) is 5.85. The van der Waals surface area contributed by atoms with Gasteiger partial charge in [0, 0.05) is 5.02 Å². The van der Waals surface area contributed by atoms with E-state index in [1.807, 2.05) is 24.3 Å². The SMILES string of the molecule is O=C(Cc1ccc(Cl)cc1)Oc1ccc2c(c1)CCCC2. The van der Waals surface area contributed by atoms with Crippen LogP contribution < -0.4 is 4.74 Å². The minimum absolute atomic E-state index is 0.243. The van der Waals surface area contributed by atoms with E-state index in [1.54, 1.807) is 12.1 Å². The molecule has 0 saturated heterocycles. The predicted molar refractivity (Wildman–Crippen MR) is 83.9 cm³/mol. The molecule has 0 aliphatic heterocycles. The van der Waals surface area contributed by atoms with E-state index in [0.717, 1.165) is 18.4 Å². The van der Waals surface area contributed by atoms with Crippen molar-refractivity contribution in [1.82, 2.24) is 0 Å². The topological polar surface area (TPSA) is 26.3 Å². The highest BCUT2D eigenvalue weighted by atomic mass is 35.5. The van der Waals surface area contributed by atoms with E-state index in [0.29, 0.717) is 10.8 Å². The standard InChI is InChI=1S/C18H17ClO2/c19-16-8-5-13(6-9-16)11-18(20)21-17-10-7-14-3-1-2-4-15(14)12-17/h5-10,12H,1-4,11H2. The molecular formula is C18H17ClO2. The molecule has 0 aromatic heterocycles. The highest BCUT2D eigenvalue weighted by Gasteiger charge is 2.12. The van der Waals surface area contributed by atoms with E-state index < -0.39 is 0 Å². The van der Waals surface area contributed by atoms with Gasteiger partial charge in [0.05, 0.1) is 6.42 Å². The number of hydrogen-bond acceptors (Lipinski definition) is 2. The van der Waals surface area contributed by atoms with Gasteiger partial charge in [-0.3, -0.25) is 4.79 Å². The fourth-order valence-corrected chi connectivity index (χ4v) is 2.84. The fraction of sp³-hybridized carbons (Fsp3) is 0.278. The van der Waals surface area contributed by atoms with Gasteiger partial charge in [-0.25, -0.2) is 0 Å². The second-order valence-electron chi connectivity index (χ2n) is 5.41. The first kappa shape index (κ1) is 14.2. The Morgan fingerprint density at radius 2 is 1.71 bits per heavy atom. The molecule has 1 aliphatic rings. The highest BCUT2D eigenvalue weighted by molar-refractivity contribution is 6.30. The van der Waals surface area contributed by atoms with Crippen LogP contribution in [0, 0.1) is 0 Å². The van der Waals surface area contributed by atoms with Crippen LogP contribution in [0.1, 0.15) is 29.5 Å². The van der Waals surface area contributed by atoms with Gasteiger partial charge >= 0.3 is 5.97 Å². The van der Waals surface area contributed by atoms with Crippen LogP contribution in [0.3, 0.4) is 0 Å². The zero-order chi connectivity index (χ0) is 14.7. The van der Waals surface area contributed by atoms with E-state index >= 15 is 0 Å². The van der Waals surface area contributed by atoms with Crippen LogP contribution >= 0.6 is 11.6 Å². The Balaban J connectivity index is 1.65. The van der Waals surface area contributed by atoms with Crippen molar-refractivity contribution in [3.8, 4) is 5.75 Å². The Kier molecular flexibility index (Phi) is 4.26. The van der Waals surface area contributed by atoms with Gasteiger partial charge < -0.3 is 4.74 Å². The average molecular weight is 301 g/mol. The van der Waals surface area contributed by atoms with Gasteiger partial charge in [0.25, 0.3) is 0 Å². The van der Waals surface area contributed by atoms with Crippen molar-refractivity contribution >= 4 is 17.6 Å². The Hall–Kier alpha value is -1.80. The maximum atomic E-state index is 12.0. The third-order valence-electron chi connectivity index (χ3n) is 3.81. The Morgan fingerprint density at radius 3 is 2.48 bits per heavy atom. The third kappa shape index (κ3) is 3.64. The van der Waals surface area contributed by atoms with Crippen LogP contribution in [0.4, 0.5) is 0 Å². The molecule has 0 amide bonds. The van der Waals surface area contributed by atoms with Gasteiger partial charge in [-0.1, -0.05) is 29.8 Å². The minimum atomic E-state index is -0.243. The fourth-order valence-electron chi connectivity index (χ4n) is 2.71. The van der Waals surface area contributed by atoms with E-state index in [4.69, 9.17) is 16.3 Å². The number of hydrogen-bond donors (Lipinski definition) is 0. The first-order valence-corrected chi connectivity index (χ1v) is 7.65. The van der Waals surface area contributed by atoms with E-state index in [2.05, 4.69) is 6.07 Å². The first-order chi connectivity index (χ1) is 10.2. The molecule has 0 fully saturated rings. The maximum Gasteiger partial charge on any atom is 0.315 e. The summed E-state index contributed by atoms with van der Waals surface area (Å²) in [6.07, 6.45) is 4.94. The first-order valence-electron chi connectivity index (χ1n) is 7.27. The number of halogens is 1. The minimum Gasteiger partial charge on any atom is -0.426 e. The molecule has 21 heavy (non-hydrogen) atoms. The summed E-state index contributed by atoms with van der Waals surface area (Å²) in [6, 6.07) is 13.2. The van der Waals surface area contributed by atoms with Crippen LogP contribution in [0.5, 0.6) is 5.75 Å². The van der Waals surface area contributed by atoms with Gasteiger partial charge in [-0.2, -0.15) is 0 Å². The van der Waals surface area contributed by atoms with Crippen molar-refractivity contribution in [3.05, 3.63) is 64.2 Å². The molecule has 0 atom stereocenters. The van der Waals surface area contributed by atoms with E-state index in [-0.39, 0.29) is 12.4 Å². The quantitative estimate of drug-likeness (QED) is 0.621. The molecule has 2 nitrogen and oxygen atoms in total. The molecule has 0 bridgehead atoms. The molecule has 0 N–H and O–H groups in total. The van der Waals surface area contributed by atoms with Crippen molar-refractivity contribution in [2.24, 2.45) is 0 Å². The summed E-state index contributed by atoms with van der Waals surface area (Å²) in [4.78, 5) is 12.0. The summed E-state index contributed by atoms with van der Waals surface area (Å²) in [6.45, 7) is 0. The van der Waals surface area contributed by atoms with Crippen LogP contribution in [0.25, 0.3) is 0 Å². The molecule has 3 rings (SSSR count). The van der Waals surface area contributed by atoms with Gasteiger partial charge in [0.15, 0.2) is 0 Å². The van der Waals surface area contributed by atoms with Crippen molar-refractivity contribution in [2.75, 3.05) is 0 Å². The number of carbonyl (C=O) groups is 1. The molecule has 2 aromatic carbocycles. The number of ether oxygens (including phenoxy) is 1. The van der Waals surface area contributed by atoms with E-state index in [9.17, 15) is 4.79 Å². The zero-order valence-electron chi connectivity index (χ0n) is 11.8. The summed E-state index contributed by atoms with van der Waals surface area (Å²) in [5, 5.41) is 0.668. The van der Waals surface area contributed by atoms with Crippen molar-refractivity contribution in [3.63, 3.8) is 0 Å². The number of carbonyl (C=O) groups excluding carboxylic acids is 1. The molecule has 108 valence electrons. The smallest absolute Gasteiger partial charge is 0.315 e. The van der Waals surface area contributed by atoms with Crippen molar-refractivity contribution in [2.45, 2.75) is 32.1 Å². The predicted octanol–water partition coefficient (Wildman–Crippen LogP) is 4.37. The molecular weight excluding hydrogens is 284 g/mol. The zero-order valence-corrected chi connectivity index (χ0v) is 12.5. The number of fused-ring (bicyclic) bond motifs is 1. The molecule has 0 saturated carbocycles. The lowest BCUT2D eigenvalue weighted by molar-refractivity contribution is -0.133. The molecule has 0 radical (unpaired) electrons. The largest absolute Gasteiger partial charge is 0.426 e. The number of rotatable bonds is 3. The highest BCUT2D eigenvalue weighted by Crippen LogP contribution is 2.25. The maximum absolute atomic E-state index is 12.0. The van der Waals surface area contributed by atoms with Crippen LogP contribution in [-0.2, 0) is 24.1 Å². The number of benzene rings is 2. The molecule has 2 aromatic rings.